The van der Waals surface area contributed by atoms with E-state index < -0.39 is 22.7 Å². The molecule has 4 nitrogen and oxygen atoms in total. The first-order chi connectivity index (χ1) is 13.8. The molecule has 2 N–H and O–H groups in total. The first kappa shape index (κ1) is 22.3. The Morgan fingerprint density at radius 3 is 2.52 bits per heavy atom. The summed E-state index contributed by atoms with van der Waals surface area (Å²) in [7, 11) is 0. The maximum atomic E-state index is 12.9. The monoisotopic (exact) mass is 421 g/mol. The fraction of sp³-hybridized carbons (Fsp3) is 0.238. The molecule has 2 aromatic carbocycles. The van der Waals surface area contributed by atoms with Crippen LogP contribution in [0.2, 0.25) is 5.02 Å². The van der Waals surface area contributed by atoms with Crippen LogP contribution in [0.3, 0.4) is 0 Å². The van der Waals surface area contributed by atoms with Gasteiger partial charge in [-0.15, -0.1) is 0 Å². The third kappa shape index (κ3) is 7.16. The quantitative estimate of drug-likeness (QED) is 0.344. The Hall–Kier alpha value is -2.98. The van der Waals surface area contributed by atoms with Gasteiger partial charge in [0.05, 0.1) is 10.6 Å². The molecule has 0 heterocycles. The number of aryl methyl sites for hydroxylation is 1. The van der Waals surface area contributed by atoms with Crippen molar-refractivity contribution in [3.05, 3.63) is 76.5 Å². The van der Waals surface area contributed by atoms with Crippen molar-refractivity contribution in [2.24, 2.45) is 0 Å². The molecule has 152 valence electrons. The van der Waals surface area contributed by atoms with Crippen LogP contribution in [-0.4, -0.2) is 12.5 Å². The number of anilines is 1. The van der Waals surface area contributed by atoms with Gasteiger partial charge in [-0.1, -0.05) is 41.9 Å². The molecule has 0 fully saturated rings. The van der Waals surface area contributed by atoms with E-state index in [-0.39, 0.29) is 11.3 Å². The molecule has 2 aromatic rings. The summed E-state index contributed by atoms with van der Waals surface area (Å²) in [6.45, 7) is 0.560. The smallest absolute Gasteiger partial charge is 0.390 e. The van der Waals surface area contributed by atoms with E-state index in [0.29, 0.717) is 6.54 Å². The zero-order valence-electron chi connectivity index (χ0n) is 15.4. The Bertz CT molecular complexity index is 906. The van der Waals surface area contributed by atoms with E-state index >= 15 is 0 Å². The Morgan fingerprint density at radius 1 is 1.14 bits per heavy atom. The predicted molar refractivity (Wildman–Crippen MR) is 106 cm³/mol. The van der Waals surface area contributed by atoms with Gasteiger partial charge in [0.1, 0.15) is 11.6 Å². The molecule has 29 heavy (non-hydrogen) atoms. The van der Waals surface area contributed by atoms with Gasteiger partial charge < -0.3 is 10.6 Å². The minimum absolute atomic E-state index is 0.101. The van der Waals surface area contributed by atoms with Gasteiger partial charge in [-0.05, 0) is 43.0 Å². The second-order valence-corrected chi connectivity index (χ2v) is 6.62. The maximum absolute atomic E-state index is 12.9. The normalized spacial score (nSPS) is 11.6. The molecule has 0 bridgehead atoms. The molecule has 0 saturated heterocycles. The standard InChI is InChI=1S/C21H19ClF3N3O/c22-19-10-9-17(12-18(19)21(23,24)25)28-20(29)16(13-26)14-27-11-5-4-8-15-6-2-1-3-7-15/h1-3,6-7,9-10,12,14,27H,4-5,8,11H2,(H,28,29)/b16-14-. The molecule has 0 radical (unpaired) electrons. The highest BCUT2D eigenvalue weighted by Gasteiger charge is 2.33. The number of unbranched alkanes of at least 4 members (excludes halogenated alkanes) is 1. The summed E-state index contributed by atoms with van der Waals surface area (Å²) in [5.41, 5.74) is -0.162. The van der Waals surface area contributed by atoms with Crippen molar-refractivity contribution in [1.29, 1.82) is 5.26 Å². The number of nitrogens with zero attached hydrogens (tertiary/aromatic N) is 1. The SMILES string of the molecule is N#C/C(=C/NCCCCc1ccccc1)C(=O)Nc1ccc(Cl)c(C(F)(F)F)c1. The lowest BCUT2D eigenvalue weighted by Gasteiger charge is -2.11. The van der Waals surface area contributed by atoms with Crippen molar-refractivity contribution in [2.45, 2.75) is 25.4 Å². The number of nitriles is 1. The van der Waals surface area contributed by atoms with E-state index in [4.69, 9.17) is 16.9 Å². The number of nitrogens with one attached hydrogen (secondary N) is 2. The molecule has 0 aromatic heterocycles. The minimum Gasteiger partial charge on any atom is -0.390 e. The van der Waals surface area contributed by atoms with Gasteiger partial charge in [0.2, 0.25) is 0 Å². The van der Waals surface area contributed by atoms with Crippen LogP contribution in [0, 0.1) is 11.3 Å². The largest absolute Gasteiger partial charge is 0.417 e. The van der Waals surface area contributed by atoms with Crippen molar-refractivity contribution in [3.8, 4) is 6.07 Å². The van der Waals surface area contributed by atoms with Crippen LogP contribution >= 0.6 is 11.6 Å². The molecule has 0 unspecified atom stereocenters. The molecule has 0 aliphatic carbocycles. The summed E-state index contributed by atoms with van der Waals surface area (Å²) in [5, 5.41) is 13.8. The van der Waals surface area contributed by atoms with Gasteiger partial charge in [0.15, 0.2) is 0 Å². The average Bonchev–Trinajstić information content (AvgIpc) is 2.68. The zero-order valence-corrected chi connectivity index (χ0v) is 16.1. The molecular formula is C21H19ClF3N3O. The Labute approximate surface area is 172 Å². The molecule has 0 aliphatic heterocycles. The van der Waals surface area contributed by atoms with Gasteiger partial charge in [-0.2, -0.15) is 18.4 Å². The van der Waals surface area contributed by atoms with Crippen LogP contribution in [0.15, 0.2) is 60.3 Å². The Morgan fingerprint density at radius 2 is 1.86 bits per heavy atom. The second-order valence-electron chi connectivity index (χ2n) is 6.21. The van der Waals surface area contributed by atoms with Crippen LogP contribution in [0.25, 0.3) is 0 Å². The van der Waals surface area contributed by atoms with Crippen molar-refractivity contribution in [1.82, 2.24) is 5.32 Å². The number of hydrogen-bond acceptors (Lipinski definition) is 3. The molecule has 8 heteroatoms. The van der Waals surface area contributed by atoms with Crippen molar-refractivity contribution < 1.29 is 18.0 Å². The van der Waals surface area contributed by atoms with Gasteiger partial charge in [0.25, 0.3) is 5.91 Å². The van der Waals surface area contributed by atoms with Gasteiger partial charge in [-0.25, -0.2) is 0 Å². The first-order valence-corrected chi connectivity index (χ1v) is 9.24. The Balaban J connectivity index is 1.86. The van der Waals surface area contributed by atoms with E-state index in [1.807, 2.05) is 30.3 Å². The van der Waals surface area contributed by atoms with E-state index in [2.05, 4.69) is 10.6 Å². The lowest BCUT2D eigenvalue weighted by molar-refractivity contribution is -0.137. The van der Waals surface area contributed by atoms with E-state index in [0.717, 1.165) is 31.4 Å². The number of halogens is 4. The number of rotatable bonds is 8. The highest BCUT2D eigenvalue weighted by Crippen LogP contribution is 2.36. The fourth-order valence-corrected chi connectivity index (χ4v) is 2.77. The van der Waals surface area contributed by atoms with Crippen LogP contribution in [0.1, 0.15) is 24.0 Å². The summed E-state index contributed by atoms with van der Waals surface area (Å²) >= 11 is 5.55. The molecule has 0 atom stereocenters. The van der Waals surface area contributed by atoms with Crippen LogP contribution < -0.4 is 10.6 Å². The second kappa shape index (κ2) is 10.5. The number of carbonyl (C=O) groups is 1. The van der Waals surface area contributed by atoms with Gasteiger partial charge in [0, 0.05) is 18.4 Å². The third-order valence-electron chi connectivity index (χ3n) is 4.02. The minimum atomic E-state index is -4.65. The lowest BCUT2D eigenvalue weighted by Crippen LogP contribution is -2.18. The molecule has 0 saturated carbocycles. The van der Waals surface area contributed by atoms with Crippen molar-refractivity contribution in [3.63, 3.8) is 0 Å². The van der Waals surface area contributed by atoms with Crippen LogP contribution in [0.5, 0.6) is 0 Å². The number of benzene rings is 2. The van der Waals surface area contributed by atoms with E-state index in [1.165, 1.54) is 17.8 Å². The summed E-state index contributed by atoms with van der Waals surface area (Å²) in [4.78, 5) is 12.1. The average molecular weight is 422 g/mol. The number of carbonyl (C=O) groups excluding carboxylic acids is 1. The first-order valence-electron chi connectivity index (χ1n) is 8.87. The third-order valence-corrected chi connectivity index (χ3v) is 4.35. The van der Waals surface area contributed by atoms with Crippen molar-refractivity contribution >= 4 is 23.2 Å². The highest BCUT2D eigenvalue weighted by molar-refractivity contribution is 6.31. The van der Waals surface area contributed by atoms with Gasteiger partial charge in [-0.3, -0.25) is 4.79 Å². The zero-order chi connectivity index (χ0) is 21.3. The van der Waals surface area contributed by atoms with Gasteiger partial charge >= 0.3 is 6.18 Å². The molecular weight excluding hydrogens is 403 g/mol. The van der Waals surface area contributed by atoms with Crippen molar-refractivity contribution in [2.75, 3.05) is 11.9 Å². The summed E-state index contributed by atoms with van der Waals surface area (Å²) in [5.74, 6) is -0.806. The topological polar surface area (TPSA) is 64.9 Å². The summed E-state index contributed by atoms with van der Waals surface area (Å²) < 4.78 is 38.7. The number of hydrogen-bond donors (Lipinski definition) is 2. The van der Waals surface area contributed by atoms with Crippen LogP contribution in [-0.2, 0) is 17.4 Å². The lowest BCUT2D eigenvalue weighted by atomic mass is 10.1. The fourth-order valence-electron chi connectivity index (χ4n) is 2.54. The Kier molecular flexibility index (Phi) is 8.10. The number of amides is 1. The summed E-state index contributed by atoms with van der Waals surface area (Å²) in [6, 6.07) is 14.8. The van der Waals surface area contributed by atoms with Crippen LogP contribution in [0.4, 0.5) is 18.9 Å². The van der Waals surface area contributed by atoms with E-state index in [9.17, 15) is 18.0 Å². The predicted octanol–water partition coefficient (Wildman–Crippen LogP) is 5.32. The molecule has 2 rings (SSSR count). The van der Waals surface area contributed by atoms with E-state index in [1.54, 1.807) is 6.07 Å². The number of alkyl halides is 3. The molecule has 1 amide bonds. The summed E-state index contributed by atoms with van der Waals surface area (Å²) in [6.07, 6.45) is -0.691. The molecule has 0 spiro atoms. The molecule has 0 aliphatic rings. The highest BCUT2D eigenvalue weighted by atomic mass is 35.5. The maximum Gasteiger partial charge on any atom is 0.417 e.